The molecule has 3 heteroatoms. The van der Waals surface area contributed by atoms with Crippen LogP contribution in [0.1, 0.15) is 38.9 Å². The Labute approximate surface area is 116 Å². The van der Waals surface area contributed by atoms with E-state index in [1.54, 1.807) is 0 Å². The Morgan fingerprint density at radius 1 is 1.37 bits per heavy atom. The minimum Gasteiger partial charge on any atom is -0.493 e. The Hall–Kier alpha value is -1.06. The molecule has 19 heavy (non-hydrogen) atoms. The number of aliphatic hydroxyl groups is 1. The number of nitrogens with zero attached hydrogens (tertiary/aromatic N) is 1. The zero-order valence-corrected chi connectivity index (χ0v) is 12.2. The molecule has 106 valence electrons. The first-order chi connectivity index (χ1) is 9.02. The van der Waals surface area contributed by atoms with Gasteiger partial charge in [-0.05, 0) is 31.4 Å². The van der Waals surface area contributed by atoms with Gasteiger partial charge in [0.15, 0.2) is 0 Å². The van der Waals surface area contributed by atoms with Gasteiger partial charge < -0.3 is 9.84 Å². The zero-order chi connectivity index (χ0) is 13.9. The Balaban J connectivity index is 2.02. The van der Waals surface area contributed by atoms with Crippen molar-refractivity contribution in [2.45, 2.75) is 33.3 Å². The molecule has 0 spiro atoms. The summed E-state index contributed by atoms with van der Waals surface area (Å²) >= 11 is 0. The van der Waals surface area contributed by atoms with Gasteiger partial charge in [0, 0.05) is 18.7 Å². The van der Waals surface area contributed by atoms with Crippen LogP contribution in [0.5, 0.6) is 5.75 Å². The smallest absolute Gasteiger partial charge is 0.125 e. The topological polar surface area (TPSA) is 32.7 Å². The maximum Gasteiger partial charge on any atom is 0.125 e. The molecule has 2 rings (SSSR count). The first-order valence-electron chi connectivity index (χ1n) is 7.14. The van der Waals surface area contributed by atoms with Gasteiger partial charge in [-0.15, -0.1) is 0 Å². The summed E-state index contributed by atoms with van der Waals surface area (Å²) < 4.78 is 5.59. The number of hydrogen-bond donors (Lipinski definition) is 1. The largest absolute Gasteiger partial charge is 0.493 e. The van der Waals surface area contributed by atoms with Gasteiger partial charge in [-0.25, -0.2) is 0 Å². The van der Waals surface area contributed by atoms with Gasteiger partial charge in [0.05, 0.1) is 12.7 Å². The molecule has 1 atom stereocenters. The van der Waals surface area contributed by atoms with Gasteiger partial charge in [0.2, 0.25) is 0 Å². The van der Waals surface area contributed by atoms with Gasteiger partial charge in [0.1, 0.15) is 5.75 Å². The molecule has 0 radical (unpaired) electrons. The predicted molar refractivity (Wildman–Crippen MR) is 77.4 cm³/mol. The molecule has 0 aromatic heterocycles. The normalized spacial score (nSPS) is 20.4. The first kappa shape index (κ1) is 14.4. The molecule has 1 heterocycles. The van der Waals surface area contributed by atoms with E-state index in [1.807, 2.05) is 31.2 Å². The molecule has 1 aromatic rings. The highest BCUT2D eigenvalue weighted by atomic mass is 16.5. The van der Waals surface area contributed by atoms with Crippen LogP contribution in [0.25, 0.3) is 0 Å². The molecule has 1 aliphatic rings. The lowest BCUT2D eigenvalue weighted by Crippen LogP contribution is -2.28. The molecule has 0 amide bonds. The maximum absolute atomic E-state index is 10.4. The second-order valence-electron chi connectivity index (χ2n) is 6.14. The quantitative estimate of drug-likeness (QED) is 0.886. The van der Waals surface area contributed by atoms with Crippen molar-refractivity contribution in [1.82, 2.24) is 4.90 Å². The number of benzene rings is 1. The molecule has 0 bridgehead atoms. The van der Waals surface area contributed by atoms with Crippen LogP contribution in [0, 0.1) is 5.41 Å². The highest BCUT2D eigenvalue weighted by Crippen LogP contribution is 2.31. The van der Waals surface area contributed by atoms with Crippen molar-refractivity contribution in [3.8, 4) is 5.75 Å². The zero-order valence-electron chi connectivity index (χ0n) is 12.2. The second-order valence-corrected chi connectivity index (χ2v) is 6.14. The average Bonchev–Trinajstić information content (AvgIpc) is 2.69. The van der Waals surface area contributed by atoms with Crippen LogP contribution in [0.4, 0.5) is 0 Å². The summed E-state index contributed by atoms with van der Waals surface area (Å²) in [6, 6.07) is 7.78. The SMILES string of the molecule is CCOc1ccccc1C(O)CN1CCC(C)(C)C1. The molecule has 0 aliphatic carbocycles. The van der Waals surface area contributed by atoms with E-state index in [9.17, 15) is 5.11 Å². The van der Waals surface area contributed by atoms with E-state index in [1.165, 1.54) is 6.42 Å². The molecular formula is C16H25NO2. The van der Waals surface area contributed by atoms with E-state index < -0.39 is 6.10 Å². The van der Waals surface area contributed by atoms with Crippen molar-refractivity contribution < 1.29 is 9.84 Å². The molecule has 1 saturated heterocycles. The third-order valence-corrected chi connectivity index (χ3v) is 3.77. The number of ether oxygens (including phenoxy) is 1. The fourth-order valence-corrected chi connectivity index (χ4v) is 2.77. The Bertz CT molecular complexity index is 417. The summed E-state index contributed by atoms with van der Waals surface area (Å²) in [6.45, 7) is 9.98. The second kappa shape index (κ2) is 5.93. The minimum absolute atomic E-state index is 0.374. The number of para-hydroxylation sites is 1. The monoisotopic (exact) mass is 263 g/mol. The van der Waals surface area contributed by atoms with Crippen molar-refractivity contribution in [2.75, 3.05) is 26.2 Å². The lowest BCUT2D eigenvalue weighted by Gasteiger charge is -2.23. The number of aliphatic hydroxyl groups excluding tert-OH is 1. The van der Waals surface area contributed by atoms with Crippen molar-refractivity contribution in [3.63, 3.8) is 0 Å². The van der Waals surface area contributed by atoms with Crippen LogP contribution in [-0.2, 0) is 0 Å². The van der Waals surface area contributed by atoms with Crippen molar-refractivity contribution >= 4 is 0 Å². The highest BCUT2D eigenvalue weighted by Gasteiger charge is 2.30. The number of likely N-dealkylation sites (tertiary alicyclic amines) is 1. The van der Waals surface area contributed by atoms with Crippen molar-refractivity contribution in [2.24, 2.45) is 5.41 Å². The van der Waals surface area contributed by atoms with E-state index in [0.29, 0.717) is 18.6 Å². The minimum atomic E-state index is -0.475. The Morgan fingerprint density at radius 3 is 2.74 bits per heavy atom. The third kappa shape index (κ3) is 3.71. The molecule has 3 nitrogen and oxygen atoms in total. The number of β-amino-alcohol motifs (C(OH)–C–C–N with tert-alkyl or cyclic N) is 1. The molecule has 1 aromatic carbocycles. The summed E-state index contributed by atoms with van der Waals surface area (Å²) in [7, 11) is 0. The van der Waals surface area contributed by atoms with Crippen LogP contribution in [0.2, 0.25) is 0 Å². The predicted octanol–water partition coefficient (Wildman–Crippen LogP) is 2.85. The van der Waals surface area contributed by atoms with Crippen LogP contribution >= 0.6 is 0 Å². The maximum atomic E-state index is 10.4. The third-order valence-electron chi connectivity index (χ3n) is 3.77. The summed E-state index contributed by atoms with van der Waals surface area (Å²) in [4.78, 5) is 2.34. The van der Waals surface area contributed by atoms with Crippen LogP contribution in [0.15, 0.2) is 24.3 Å². The molecule has 1 N–H and O–H groups in total. The van der Waals surface area contributed by atoms with E-state index >= 15 is 0 Å². The highest BCUT2D eigenvalue weighted by molar-refractivity contribution is 5.35. The summed E-state index contributed by atoms with van der Waals surface area (Å²) in [6.07, 6.45) is 0.726. The van der Waals surface area contributed by atoms with Crippen molar-refractivity contribution in [1.29, 1.82) is 0 Å². The van der Waals surface area contributed by atoms with Crippen LogP contribution in [0.3, 0.4) is 0 Å². The summed E-state index contributed by atoms with van der Waals surface area (Å²) in [5, 5.41) is 10.4. The Morgan fingerprint density at radius 2 is 2.11 bits per heavy atom. The van der Waals surface area contributed by atoms with E-state index in [2.05, 4.69) is 18.7 Å². The molecular weight excluding hydrogens is 238 g/mol. The fraction of sp³-hybridized carbons (Fsp3) is 0.625. The fourth-order valence-electron chi connectivity index (χ4n) is 2.77. The average molecular weight is 263 g/mol. The lowest BCUT2D eigenvalue weighted by molar-refractivity contribution is 0.117. The van der Waals surface area contributed by atoms with E-state index in [0.717, 1.165) is 24.4 Å². The van der Waals surface area contributed by atoms with E-state index in [4.69, 9.17) is 4.74 Å². The Kier molecular flexibility index (Phi) is 4.48. The standard InChI is InChI=1S/C16H25NO2/c1-4-19-15-8-6-5-7-13(15)14(18)11-17-10-9-16(2,3)12-17/h5-8,14,18H,4,9-12H2,1-3H3. The van der Waals surface area contributed by atoms with Crippen molar-refractivity contribution in [3.05, 3.63) is 29.8 Å². The number of rotatable bonds is 5. The van der Waals surface area contributed by atoms with Gasteiger partial charge in [-0.1, -0.05) is 32.0 Å². The molecule has 1 unspecified atom stereocenters. The summed E-state index contributed by atoms with van der Waals surface area (Å²) in [5.41, 5.74) is 1.27. The molecule has 1 fully saturated rings. The van der Waals surface area contributed by atoms with Gasteiger partial charge in [-0.3, -0.25) is 4.90 Å². The molecule has 1 aliphatic heterocycles. The van der Waals surface area contributed by atoms with Gasteiger partial charge in [-0.2, -0.15) is 0 Å². The van der Waals surface area contributed by atoms with Crippen LogP contribution in [-0.4, -0.2) is 36.2 Å². The van der Waals surface area contributed by atoms with Crippen LogP contribution < -0.4 is 4.74 Å². The van der Waals surface area contributed by atoms with E-state index in [-0.39, 0.29) is 0 Å². The molecule has 0 saturated carbocycles. The summed E-state index contributed by atoms with van der Waals surface area (Å²) in [5.74, 6) is 0.802. The van der Waals surface area contributed by atoms with Gasteiger partial charge in [0.25, 0.3) is 0 Å². The lowest BCUT2D eigenvalue weighted by atomic mass is 9.93. The first-order valence-corrected chi connectivity index (χ1v) is 7.14. The van der Waals surface area contributed by atoms with Gasteiger partial charge >= 0.3 is 0 Å². The number of hydrogen-bond acceptors (Lipinski definition) is 3.